The molecular formula is C27H28N4O. The van der Waals surface area contributed by atoms with Gasteiger partial charge in [-0.05, 0) is 42.8 Å². The van der Waals surface area contributed by atoms with Crippen LogP contribution in [0, 0.1) is 0 Å². The molecule has 2 heterocycles. The Balaban J connectivity index is 1.42. The molecule has 0 aliphatic carbocycles. The second kappa shape index (κ2) is 9.07. The van der Waals surface area contributed by atoms with Gasteiger partial charge in [-0.2, -0.15) is 4.98 Å². The minimum atomic E-state index is 0.0550. The lowest BCUT2D eigenvalue weighted by Crippen LogP contribution is -2.34. The topological polar surface area (TPSA) is 45.4 Å². The lowest BCUT2D eigenvalue weighted by molar-refractivity contribution is 0.131. The van der Waals surface area contributed by atoms with Crippen LogP contribution in [-0.4, -0.2) is 34.0 Å². The van der Waals surface area contributed by atoms with Crippen molar-refractivity contribution in [2.75, 3.05) is 14.1 Å². The summed E-state index contributed by atoms with van der Waals surface area (Å²) in [7, 11) is 4.14. The van der Waals surface area contributed by atoms with Gasteiger partial charge in [0.25, 0.3) is 0 Å². The van der Waals surface area contributed by atoms with Crippen molar-refractivity contribution in [3.8, 4) is 11.4 Å². The Kier molecular flexibility index (Phi) is 5.84. The minimum absolute atomic E-state index is 0.0550. The number of nitrogens with zero attached hydrogens (tertiary/aromatic N) is 4. The first kappa shape index (κ1) is 20.6. The molecule has 1 aromatic heterocycles. The standard InChI is InChI=1S/C27H28N4O/c1-30(2)17-21-12-14-22(15-13-21)26-28-27(32-29-26)25-16-23-10-6-7-11-24(23)19-31(25)18-20-8-4-3-5-9-20/h3-15,25H,16-19H2,1-2H3/t25-/m0/s1. The Bertz CT molecular complexity index is 1170. The molecule has 5 rings (SSSR count). The van der Waals surface area contributed by atoms with Gasteiger partial charge in [-0.3, -0.25) is 4.90 Å². The van der Waals surface area contributed by atoms with E-state index in [4.69, 9.17) is 9.51 Å². The number of rotatable bonds is 6. The molecule has 5 heteroatoms. The average molecular weight is 425 g/mol. The molecule has 3 aromatic carbocycles. The van der Waals surface area contributed by atoms with Crippen LogP contribution < -0.4 is 0 Å². The summed E-state index contributed by atoms with van der Waals surface area (Å²) >= 11 is 0. The Morgan fingerprint density at radius 3 is 2.34 bits per heavy atom. The second-order valence-corrected chi connectivity index (χ2v) is 8.77. The summed E-state index contributed by atoms with van der Waals surface area (Å²) in [5.41, 5.74) is 6.26. The van der Waals surface area contributed by atoms with Crippen molar-refractivity contribution in [2.45, 2.75) is 32.1 Å². The van der Waals surface area contributed by atoms with E-state index in [0.717, 1.165) is 31.6 Å². The third-order valence-corrected chi connectivity index (χ3v) is 6.01. The van der Waals surface area contributed by atoms with Gasteiger partial charge < -0.3 is 9.42 Å². The smallest absolute Gasteiger partial charge is 0.244 e. The van der Waals surface area contributed by atoms with E-state index in [1.54, 1.807) is 0 Å². The summed E-state index contributed by atoms with van der Waals surface area (Å²) in [5, 5.41) is 4.33. The molecule has 0 spiro atoms. The highest BCUT2D eigenvalue weighted by Crippen LogP contribution is 2.34. The lowest BCUT2D eigenvalue weighted by atomic mass is 9.93. The summed E-state index contributed by atoms with van der Waals surface area (Å²) in [6.45, 7) is 2.62. The van der Waals surface area contributed by atoms with Gasteiger partial charge in [0.2, 0.25) is 11.7 Å². The van der Waals surface area contributed by atoms with E-state index in [2.05, 4.69) is 108 Å². The van der Waals surface area contributed by atoms with Crippen LogP contribution in [0.5, 0.6) is 0 Å². The number of benzene rings is 3. The maximum Gasteiger partial charge on any atom is 0.244 e. The zero-order valence-corrected chi connectivity index (χ0v) is 18.6. The van der Waals surface area contributed by atoms with Crippen LogP contribution >= 0.6 is 0 Å². The molecule has 0 saturated carbocycles. The number of hydrogen-bond donors (Lipinski definition) is 0. The molecule has 0 amide bonds. The largest absolute Gasteiger partial charge is 0.337 e. The van der Waals surface area contributed by atoms with Crippen molar-refractivity contribution < 1.29 is 4.52 Å². The molecule has 162 valence electrons. The highest BCUT2D eigenvalue weighted by atomic mass is 16.5. The monoisotopic (exact) mass is 424 g/mol. The molecule has 5 nitrogen and oxygen atoms in total. The first-order chi connectivity index (χ1) is 15.7. The third kappa shape index (κ3) is 4.49. The normalized spacial score (nSPS) is 16.3. The maximum atomic E-state index is 5.83. The van der Waals surface area contributed by atoms with E-state index in [-0.39, 0.29) is 6.04 Å². The van der Waals surface area contributed by atoms with Gasteiger partial charge in [0, 0.05) is 25.2 Å². The van der Waals surface area contributed by atoms with Crippen LogP contribution in [0.25, 0.3) is 11.4 Å². The van der Waals surface area contributed by atoms with Gasteiger partial charge in [-0.1, -0.05) is 84.0 Å². The molecule has 0 saturated heterocycles. The molecule has 1 aliphatic heterocycles. The highest BCUT2D eigenvalue weighted by molar-refractivity contribution is 5.54. The van der Waals surface area contributed by atoms with E-state index in [9.17, 15) is 0 Å². The maximum absolute atomic E-state index is 5.83. The van der Waals surface area contributed by atoms with Crippen molar-refractivity contribution in [3.05, 3.63) is 107 Å². The first-order valence-corrected chi connectivity index (χ1v) is 11.1. The predicted octanol–water partition coefficient (Wildman–Crippen LogP) is 5.10. The van der Waals surface area contributed by atoms with Crippen LogP contribution in [0.15, 0.2) is 83.4 Å². The Morgan fingerprint density at radius 2 is 1.59 bits per heavy atom. The van der Waals surface area contributed by atoms with Crippen molar-refractivity contribution >= 4 is 0 Å². The average Bonchev–Trinajstić information content (AvgIpc) is 3.29. The Labute approximate surface area is 189 Å². The molecule has 0 bridgehead atoms. The first-order valence-electron chi connectivity index (χ1n) is 11.1. The molecule has 0 N–H and O–H groups in total. The fraction of sp³-hybridized carbons (Fsp3) is 0.259. The Morgan fingerprint density at radius 1 is 0.875 bits per heavy atom. The summed E-state index contributed by atoms with van der Waals surface area (Å²) < 4.78 is 5.83. The molecule has 4 aromatic rings. The van der Waals surface area contributed by atoms with Crippen LogP contribution in [0.4, 0.5) is 0 Å². The van der Waals surface area contributed by atoms with Gasteiger partial charge in [0.15, 0.2) is 0 Å². The van der Waals surface area contributed by atoms with E-state index in [0.29, 0.717) is 11.7 Å². The summed E-state index contributed by atoms with van der Waals surface area (Å²) in [6, 6.07) is 27.7. The van der Waals surface area contributed by atoms with Crippen molar-refractivity contribution in [1.82, 2.24) is 19.9 Å². The van der Waals surface area contributed by atoms with E-state index >= 15 is 0 Å². The summed E-state index contributed by atoms with van der Waals surface area (Å²) in [6.07, 6.45) is 0.867. The molecular weight excluding hydrogens is 396 g/mol. The molecule has 1 aliphatic rings. The molecule has 0 radical (unpaired) electrons. The van der Waals surface area contributed by atoms with Gasteiger partial charge in [-0.25, -0.2) is 0 Å². The number of fused-ring (bicyclic) bond motifs is 1. The fourth-order valence-corrected chi connectivity index (χ4v) is 4.42. The second-order valence-electron chi connectivity index (χ2n) is 8.77. The molecule has 0 fully saturated rings. The van der Waals surface area contributed by atoms with Gasteiger partial charge in [-0.15, -0.1) is 0 Å². The lowest BCUT2D eigenvalue weighted by Gasteiger charge is -2.34. The van der Waals surface area contributed by atoms with E-state index < -0.39 is 0 Å². The quantitative estimate of drug-likeness (QED) is 0.431. The van der Waals surface area contributed by atoms with E-state index in [1.807, 2.05) is 0 Å². The van der Waals surface area contributed by atoms with Gasteiger partial charge in [0.05, 0.1) is 6.04 Å². The van der Waals surface area contributed by atoms with Crippen molar-refractivity contribution in [2.24, 2.45) is 0 Å². The van der Waals surface area contributed by atoms with Crippen LogP contribution in [0.3, 0.4) is 0 Å². The molecule has 32 heavy (non-hydrogen) atoms. The third-order valence-electron chi connectivity index (χ3n) is 6.01. The molecule has 1 atom stereocenters. The summed E-state index contributed by atoms with van der Waals surface area (Å²) in [4.78, 5) is 9.43. The van der Waals surface area contributed by atoms with Crippen molar-refractivity contribution in [3.63, 3.8) is 0 Å². The van der Waals surface area contributed by atoms with Gasteiger partial charge >= 0.3 is 0 Å². The minimum Gasteiger partial charge on any atom is -0.337 e. The van der Waals surface area contributed by atoms with Gasteiger partial charge in [0.1, 0.15) is 0 Å². The fourth-order valence-electron chi connectivity index (χ4n) is 4.42. The predicted molar refractivity (Wildman–Crippen MR) is 126 cm³/mol. The van der Waals surface area contributed by atoms with Crippen LogP contribution in [-0.2, 0) is 26.1 Å². The van der Waals surface area contributed by atoms with Crippen LogP contribution in [0.2, 0.25) is 0 Å². The zero-order valence-electron chi connectivity index (χ0n) is 18.6. The van der Waals surface area contributed by atoms with E-state index in [1.165, 1.54) is 22.3 Å². The zero-order chi connectivity index (χ0) is 21.9. The summed E-state index contributed by atoms with van der Waals surface area (Å²) in [5.74, 6) is 1.33. The van der Waals surface area contributed by atoms with Crippen molar-refractivity contribution in [1.29, 1.82) is 0 Å². The number of hydrogen-bond acceptors (Lipinski definition) is 5. The molecule has 0 unspecified atom stereocenters. The van der Waals surface area contributed by atoms with Crippen LogP contribution in [0.1, 0.15) is 34.2 Å². The SMILES string of the molecule is CN(C)Cc1ccc(-c2noc([C@@H]3Cc4ccccc4CN3Cc3ccccc3)n2)cc1. The highest BCUT2D eigenvalue weighted by Gasteiger charge is 2.31. The Hall–Kier alpha value is -3.28. The number of aromatic nitrogens is 2.